The zero-order valence-electron chi connectivity index (χ0n) is 21.6. The second kappa shape index (κ2) is 11.0. The molecule has 1 aliphatic rings. The van der Waals surface area contributed by atoms with Gasteiger partial charge in [-0.25, -0.2) is 4.98 Å². The quantitative estimate of drug-likeness (QED) is 0.319. The van der Waals surface area contributed by atoms with Crippen molar-refractivity contribution in [3.05, 3.63) is 82.5 Å². The highest BCUT2D eigenvalue weighted by Crippen LogP contribution is 2.32. The van der Waals surface area contributed by atoms with Crippen molar-refractivity contribution in [2.45, 2.75) is 52.5 Å². The molecule has 0 bridgehead atoms. The van der Waals surface area contributed by atoms with Crippen molar-refractivity contribution in [1.82, 2.24) is 30.2 Å². The molecular formula is C29H30N6O3. The first kappa shape index (κ1) is 25.4. The van der Waals surface area contributed by atoms with E-state index in [4.69, 9.17) is 0 Å². The van der Waals surface area contributed by atoms with Gasteiger partial charge in [0.2, 0.25) is 17.4 Å². The highest BCUT2D eigenvalue weighted by Gasteiger charge is 2.35. The van der Waals surface area contributed by atoms with Crippen LogP contribution < -0.4 is 0 Å². The SMILES string of the molecule is CCCCc1nc2c(n1Cc1ccc(-c3ccccc3-c3nn[nH]n3)cc1)C(=O)C(CCCO)=C(C)C2=O. The largest absolute Gasteiger partial charge is 0.396 e. The van der Waals surface area contributed by atoms with Crippen LogP contribution in [0.25, 0.3) is 22.5 Å². The maximum atomic E-state index is 13.6. The molecule has 5 rings (SSSR count). The number of imidazole rings is 1. The van der Waals surface area contributed by atoms with Gasteiger partial charge in [0.25, 0.3) is 0 Å². The summed E-state index contributed by atoms with van der Waals surface area (Å²) in [5, 5.41) is 23.7. The molecule has 4 aromatic rings. The highest BCUT2D eigenvalue weighted by molar-refractivity contribution is 6.25. The molecule has 2 heterocycles. The second-order valence-electron chi connectivity index (χ2n) is 9.48. The van der Waals surface area contributed by atoms with Crippen molar-refractivity contribution in [1.29, 1.82) is 0 Å². The third-order valence-corrected chi connectivity index (χ3v) is 7.00. The van der Waals surface area contributed by atoms with Crippen molar-refractivity contribution in [2.75, 3.05) is 6.61 Å². The van der Waals surface area contributed by atoms with Crippen LogP contribution in [0.1, 0.15) is 71.9 Å². The number of H-pyrrole nitrogens is 1. The van der Waals surface area contributed by atoms with E-state index in [0.29, 0.717) is 48.5 Å². The van der Waals surface area contributed by atoms with Crippen LogP contribution in [0.15, 0.2) is 59.7 Å². The van der Waals surface area contributed by atoms with Gasteiger partial charge >= 0.3 is 0 Å². The highest BCUT2D eigenvalue weighted by atomic mass is 16.3. The molecule has 9 heteroatoms. The van der Waals surface area contributed by atoms with Gasteiger partial charge < -0.3 is 9.67 Å². The lowest BCUT2D eigenvalue weighted by atomic mass is 9.88. The van der Waals surface area contributed by atoms with Gasteiger partial charge in [-0.2, -0.15) is 5.21 Å². The number of hydrogen-bond donors (Lipinski definition) is 2. The number of allylic oxidation sites excluding steroid dienone is 2. The molecule has 0 saturated heterocycles. The van der Waals surface area contributed by atoms with Gasteiger partial charge in [0.1, 0.15) is 17.2 Å². The number of aromatic amines is 1. The van der Waals surface area contributed by atoms with Crippen LogP contribution in [0.2, 0.25) is 0 Å². The van der Waals surface area contributed by atoms with Gasteiger partial charge in [-0.1, -0.05) is 61.9 Å². The number of carbonyl (C=O) groups excluding carboxylic acids is 2. The second-order valence-corrected chi connectivity index (χ2v) is 9.48. The van der Waals surface area contributed by atoms with E-state index in [2.05, 4.69) is 32.5 Å². The number of Topliss-reactive ketones (excluding diaryl/α,β-unsaturated/α-hetero) is 2. The number of aliphatic hydroxyl groups is 1. The van der Waals surface area contributed by atoms with E-state index < -0.39 is 0 Å². The fraction of sp³-hybridized carbons (Fsp3) is 0.310. The van der Waals surface area contributed by atoms with Crippen LogP contribution >= 0.6 is 0 Å². The fourth-order valence-corrected chi connectivity index (χ4v) is 4.95. The predicted molar refractivity (Wildman–Crippen MR) is 143 cm³/mol. The monoisotopic (exact) mass is 510 g/mol. The summed E-state index contributed by atoms with van der Waals surface area (Å²) in [5.41, 5.74) is 5.39. The standard InChI is InChI=1S/C29H30N6O3/c1-3-4-11-24-30-25-26(28(38)21(10-7-16-36)18(2)27(25)37)35(24)17-19-12-14-20(15-13-19)22-8-5-6-9-23(22)29-31-33-34-32-29/h5-6,8-9,12-15,36H,3-4,7,10-11,16-17H2,1-2H3,(H,31,32,33,34). The zero-order chi connectivity index (χ0) is 26.6. The Balaban J connectivity index is 1.49. The van der Waals surface area contributed by atoms with Gasteiger partial charge in [0, 0.05) is 36.3 Å². The van der Waals surface area contributed by atoms with Crippen LogP contribution in [0.4, 0.5) is 0 Å². The fourth-order valence-electron chi connectivity index (χ4n) is 4.95. The Morgan fingerprint density at radius 3 is 2.39 bits per heavy atom. The summed E-state index contributed by atoms with van der Waals surface area (Å²) in [6, 6.07) is 16.0. The molecule has 0 fully saturated rings. The molecular weight excluding hydrogens is 480 g/mol. The molecule has 2 aromatic heterocycles. The third kappa shape index (κ3) is 4.72. The first-order valence-electron chi connectivity index (χ1n) is 12.9. The number of tetrazole rings is 1. The molecule has 38 heavy (non-hydrogen) atoms. The van der Waals surface area contributed by atoms with Crippen molar-refractivity contribution < 1.29 is 14.7 Å². The number of unbranched alkanes of at least 4 members (excludes halogenated alkanes) is 1. The number of nitrogens with one attached hydrogen (secondary N) is 1. The molecule has 0 unspecified atom stereocenters. The minimum atomic E-state index is -0.197. The average Bonchev–Trinajstić information content (AvgIpc) is 3.60. The van der Waals surface area contributed by atoms with Crippen LogP contribution in [0.3, 0.4) is 0 Å². The molecule has 2 aromatic carbocycles. The van der Waals surface area contributed by atoms with E-state index >= 15 is 0 Å². The molecule has 0 amide bonds. The number of aliphatic hydroxyl groups excluding tert-OH is 1. The Morgan fingerprint density at radius 1 is 0.947 bits per heavy atom. The number of hydrogen-bond acceptors (Lipinski definition) is 7. The lowest BCUT2D eigenvalue weighted by Crippen LogP contribution is -2.24. The molecule has 0 radical (unpaired) electrons. The number of benzene rings is 2. The number of ketones is 2. The minimum absolute atomic E-state index is 0.0334. The van der Waals surface area contributed by atoms with Gasteiger partial charge in [0.05, 0.1) is 0 Å². The molecule has 1 aliphatic carbocycles. The molecule has 0 atom stereocenters. The Hall–Kier alpha value is -4.24. The maximum Gasteiger partial charge on any atom is 0.209 e. The first-order chi connectivity index (χ1) is 18.5. The molecule has 0 spiro atoms. The predicted octanol–water partition coefficient (Wildman–Crippen LogP) is 4.59. The van der Waals surface area contributed by atoms with Gasteiger partial charge in [-0.3, -0.25) is 9.59 Å². The summed E-state index contributed by atoms with van der Waals surface area (Å²) < 4.78 is 1.92. The smallest absolute Gasteiger partial charge is 0.209 e. The maximum absolute atomic E-state index is 13.6. The van der Waals surface area contributed by atoms with Crippen LogP contribution in [-0.4, -0.2) is 53.5 Å². The van der Waals surface area contributed by atoms with E-state index in [1.807, 2.05) is 53.1 Å². The molecule has 194 valence electrons. The number of carbonyl (C=O) groups is 2. The summed E-state index contributed by atoms with van der Waals surface area (Å²) in [4.78, 5) is 31.5. The van der Waals surface area contributed by atoms with E-state index in [-0.39, 0.29) is 23.9 Å². The Labute approximate surface area is 220 Å². The number of fused-ring (bicyclic) bond motifs is 1. The Morgan fingerprint density at radius 2 is 1.71 bits per heavy atom. The first-order valence-corrected chi connectivity index (χ1v) is 12.9. The van der Waals surface area contributed by atoms with Crippen LogP contribution in [0.5, 0.6) is 0 Å². The van der Waals surface area contributed by atoms with Crippen molar-refractivity contribution in [2.24, 2.45) is 0 Å². The minimum Gasteiger partial charge on any atom is -0.396 e. The van der Waals surface area contributed by atoms with E-state index in [1.54, 1.807) is 6.92 Å². The lowest BCUT2D eigenvalue weighted by Gasteiger charge is -2.18. The van der Waals surface area contributed by atoms with E-state index in [9.17, 15) is 14.7 Å². The molecule has 0 aliphatic heterocycles. The van der Waals surface area contributed by atoms with Crippen molar-refractivity contribution in [3.63, 3.8) is 0 Å². The zero-order valence-corrected chi connectivity index (χ0v) is 21.6. The summed E-state index contributed by atoms with van der Waals surface area (Å²) >= 11 is 0. The molecule has 9 nitrogen and oxygen atoms in total. The molecule has 0 saturated carbocycles. The van der Waals surface area contributed by atoms with Crippen LogP contribution in [-0.2, 0) is 13.0 Å². The van der Waals surface area contributed by atoms with Crippen molar-refractivity contribution >= 4 is 11.6 Å². The van der Waals surface area contributed by atoms with Crippen LogP contribution in [0, 0.1) is 0 Å². The van der Waals surface area contributed by atoms with Gasteiger partial charge in [-0.05, 0) is 48.1 Å². The topological polar surface area (TPSA) is 127 Å². The summed E-state index contributed by atoms with van der Waals surface area (Å²) in [6.07, 6.45) is 3.38. The van der Waals surface area contributed by atoms with E-state index in [1.165, 1.54) is 0 Å². The normalized spacial score (nSPS) is 13.3. The summed E-state index contributed by atoms with van der Waals surface area (Å²) in [7, 11) is 0. The Bertz CT molecular complexity index is 1500. The summed E-state index contributed by atoms with van der Waals surface area (Å²) in [5.74, 6) is 0.920. The number of aromatic nitrogens is 6. The number of rotatable bonds is 10. The number of aryl methyl sites for hydroxylation is 1. The van der Waals surface area contributed by atoms with Gasteiger partial charge in [-0.15, -0.1) is 10.2 Å². The third-order valence-electron chi connectivity index (χ3n) is 7.00. The number of nitrogens with zero attached hydrogens (tertiary/aromatic N) is 5. The lowest BCUT2D eigenvalue weighted by molar-refractivity contribution is 0.0962. The van der Waals surface area contributed by atoms with E-state index in [0.717, 1.165) is 40.9 Å². The summed E-state index contributed by atoms with van der Waals surface area (Å²) in [6.45, 7) is 4.19. The van der Waals surface area contributed by atoms with Gasteiger partial charge in [0.15, 0.2) is 0 Å². The van der Waals surface area contributed by atoms with Crippen molar-refractivity contribution in [3.8, 4) is 22.5 Å². The Kier molecular flexibility index (Phi) is 7.37. The molecule has 2 N–H and O–H groups in total. The average molecular weight is 511 g/mol.